The van der Waals surface area contributed by atoms with Crippen LogP contribution in [0.25, 0.3) is 11.1 Å². The Morgan fingerprint density at radius 3 is 2.34 bits per heavy atom. The minimum atomic E-state index is -0.836. The SMILES string of the molecule is CCCCc1ccc(C2CCc3cc(-c4ccc(F)c(F)c4)ccc3C2)c(F)c1. The second kappa shape index (κ2) is 8.44. The second-order valence-corrected chi connectivity index (χ2v) is 8.01. The molecule has 4 rings (SSSR count). The van der Waals surface area contributed by atoms with Crippen LogP contribution in [0.2, 0.25) is 0 Å². The minimum Gasteiger partial charge on any atom is -0.207 e. The van der Waals surface area contributed by atoms with Crippen molar-refractivity contribution in [1.29, 1.82) is 0 Å². The molecule has 0 N–H and O–H groups in total. The Morgan fingerprint density at radius 2 is 1.59 bits per heavy atom. The third kappa shape index (κ3) is 4.24. The molecule has 0 saturated carbocycles. The van der Waals surface area contributed by atoms with Crippen molar-refractivity contribution in [3.8, 4) is 11.1 Å². The van der Waals surface area contributed by atoms with Gasteiger partial charge in [-0.05, 0) is 89.6 Å². The number of aryl methyl sites for hydroxylation is 2. The normalized spacial score (nSPS) is 15.9. The lowest BCUT2D eigenvalue weighted by Crippen LogP contribution is -2.14. The molecule has 0 aliphatic heterocycles. The van der Waals surface area contributed by atoms with Crippen LogP contribution in [0.1, 0.15) is 54.4 Å². The predicted molar refractivity (Wildman–Crippen MR) is 112 cm³/mol. The van der Waals surface area contributed by atoms with Crippen LogP contribution in [0.15, 0.2) is 54.6 Å². The van der Waals surface area contributed by atoms with Crippen LogP contribution in [-0.2, 0) is 19.3 Å². The maximum absolute atomic E-state index is 14.7. The van der Waals surface area contributed by atoms with E-state index >= 15 is 0 Å². The summed E-state index contributed by atoms with van der Waals surface area (Å²) in [6, 6.07) is 15.8. The molecule has 3 aromatic rings. The topological polar surface area (TPSA) is 0 Å². The van der Waals surface area contributed by atoms with E-state index in [1.54, 1.807) is 12.1 Å². The summed E-state index contributed by atoms with van der Waals surface area (Å²) in [6.07, 6.45) is 5.66. The number of fused-ring (bicyclic) bond motifs is 1. The van der Waals surface area contributed by atoms with Gasteiger partial charge in [-0.15, -0.1) is 0 Å². The summed E-state index contributed by atoms with van der Waals surface area (Å²) in [4.78, 5) is 0. The highest BCUT2D eigenvalue weighted by Crippen LogP contribution is 2.36. The highest BCUT2D eigenvalue weighted by atomic mass is 19.2. The van der Waals surface area contributed by atoms with Gasteiger partial charge in [-0.1, -0.05) is 49.7 Å². The monoisotopic (exact) mass is 394 g/mol. The number of halogens is 3. The van der Waals surface area contributed by atoms with E-state index in [2.05, 4.69) is 19.1 Å². The van der Waals surface area contributed by atoms with Crippen LogP contribution in [0.4, 0.5) is 13.2 Å². The molecule has 0 amide bonds. The van der Waals surface area contributed by atoms with Gasteiger partial charge in [-0.2, -0.15) is 0 Å². The Hall–Kier alpha value is -2.55. The van der Waals surface area contributed by atoms with E-state index in [9.17, 15) is 13.2 Å². The van der Waals surface area contributed by atoms with Crippen LogP contribution in [-0.4, -0.2) is 0 Å². The molecule has 1 unspecified atom stereocenters. The molecule has 0 fully saturated rings. The van der Waals surface area contributed by atoms with Crippen LogP contribution in [0.3, 0.4) is 0 Å². The number of hydrogen-bond donors (Lipinski definition) is 0. The predicted octanol–water partition coefficient (Wildman–Crippen LogP) is 7.39. The first kappa shape index (κ1) is 19.8. The van der Waals surface area contributed by atoms with E-state index in [1.165, 1.54) is 17.2 Å². The fraction of sp³-hybridized carbons (Fsp3) is 0.308. The summed E-state index contributed by atoms with van der Waals surface area (Å²) >= 11 is 0. The van der Waals surface area contributed by atoms with Crippen molar-refractivity contribution in [3.05, 3.63) is 94.3 Å². The van der Waals surface area contributed by atoms with E-state index in [0.29, 0.717) is 5.56 Å². The first-order valence-electron chi connectivity index (χ1n) is 10.4. The zero-order chi connectivity index (χ0) is 20.4. The fourth-order valence-electron chi connectivity index (χ4n) is 4.31. The molecule has 0 saturated heterocycles. The Balaban J connectivity index is 1.54. The van der Waals surface area contributed by atoms with Crippen LogP contribution in [0.5, 0.6) is 0 Å². The van der Waals surface area contributed by atoms with Gasteiger partial charge in [0, 0.05) is 0 Å². The summed E-state index contributed by atoms with van der Waals surface area (Å²) in [5, 5.41) is 0. The molecule has 0 aromatic heterocycles. The number of hydrogen-bond acceptors (Lipinski definition) is 0. The molecular weight excluding hydrogens is 369 g/mol. The molecule has 0 spiro atoms. The standard InChI is InChI=1S/C26H25F3/c1-2-3-4-17-5-11-23(25(28)13-17)22-9-8-18-14-19(6-7-20(18)15-22)21-10-12-24(27)26(29)16-21/h5-7,10-14,16,22H,2-4,8-9,15H2,1H3. The molecule has 1 atom stereocenters. The smallest absolute Gasteiger partial charge is 0.159 e. The number of benzene rings is 3. The zero-order valence-electron chi connectivity index (χ0n) is 16.7. The maximum Gasteiger partial charge on any atom is 0.159 e. The molecule has 3 aromatic carbocycles. The van der Waals surface area contributed by atoms with E-state index in [0.717, 1.165) is 61.3 Å². The van der Waals surface area contributed by atoms with Crippen molar-refractivity contribution in [1.82, 2.24) is 0 Å². The molecule has 0 radical (unpaired) electrons. The highest BCUT2D eigenvalue weighted by Gasteiger charge is 2.23. The molecular formula is C26H25F3. The van der Waals surface area contributed by atoms with Crippen LogP contribution in [0, 0.1) is 17.5 Å². The summed E-state index contributed by atoms with van der Waals surface area (Å²) in [5.74, 6) is -1.59. The summed E-state index contributed by atoms with van der Waals surface area (Å²) in [6.45, 7) is 2.14. The Bertz CT molecular complexity index is 1020. The third-order valence-electron chi connectivity index (χ3n) is 6.01. The zero-order valence-corrected chi connectivity index (χ0v) is 16.7. The van der Waals surface area contributed by atoms with Crippen molar-refractivity contribution in [3.63, 3.8) is 0 Å². The molecule has 1 aliphatic rings. The van der Waals surface area contributed by atoms with Gasteiger partial charge in [-0.3, -0.25) is 0 Å². The average Bonchev–Trinajstić information content (AvgIpc) is 2.73. The number of rotatable bonds is 5. The van der Waals surface area contributed by atoms with Crippen molar-refractivity contribution < 1.29 is 13.2 Å². The lowest BCUT2D eigenvalue weighted by Gasteiger charge is -2.26. The summed E-state index contributed by atoms with van der Waals surface area (Å²) < 4.78 is 41.5. The van der Waals surface area contributed by atoms with Crippen molar-refractivity contribution in [2.75, 3.05) is 0 Å². The molecule has 0 heterocycles. The van der Waals surface area contributed by atoms with Gasteiger partial charge >= 0.3 is 0 Å². The van der Waals surface area contributed by atoms with Gasteiger partial charge in [0.05, 0.1) is 0 Å². The largest absolute Gasteiger partial charge is 0.207 e. The first-order chi connectivity index (χ1) is 14.0. The Morgan fingerprint density at radius 1 is 0.793 bits per heavy atom. The van der Waals surface area contributed by atoms with Crippen molar-refractivity contribution >= 4 is 0 Å². The van der Waals surface area contributed by atoms with E-state index < -0.39 is 11.6 Å². The average molecular weight is 394 g/mol. The second-order valence-electron chi connectivity index (χ2n) is 8.01. The summed E-state index contributed by atoms with van der Waals surface area (Å²) in [7, 11) is 0. The molecule has 0 bridgehead atoms. The van der Waals surface area contributed by atoms with Gasteiger partial charge in [0.2, 0.25) is 0 Å². The van der Waals surface area contributed by atoms with Gasteiger partial charge in [-0.25, -0.2) is 13.2 Å². The first-order valence-corrected chi connectivity index (χ1v) is 10.4. The van der Waals surface area contributed by atoms with Gasteiger partial charge < -0.3 is 0 Å². The van der Waals surface area contributed by atoms with Crippen molar-refractivity contribution in [2.45, 2.75) is 51.4 Å². The van der Waals surface area contributed by atoms with E-state index in [4.69, 9.17) is 0 Å². The fourth-order valence-corrected chi connectivity index (χ4v) is 4.31. The number of unbranched alkanes of at least 4 members (excludes halogenated alkanes) is 1. The molecule has 3 heteroatoms. The molecule has 0 nitrogen and oxygen atoms in total. The van der Waals surface area contributed by atoms with Crippen LogP contribution < -0.4 is 0 Å². The van der Waals surface area contributed by atoms with Gasteiger partial charge in [0.1, 0.15) is 5.82 Å². The molecule has 29 heavy (non-hydrogen) atoms. The van der Waals surface area contributed by atoms with Gasteiger partial charge in [0.15, 0.2) is 11.6 Å². The van der Waals surface area contributed by atoms with Gasteiger partial charge in [0.25, 0.3) is 0 Å². The lowest BCUT2D eigenvalue weighted by molar-refractivity contribution is 0.509. The Kier molecular flexibility index (Phi) is 5.75. The lowest BCUT2D eigenvalue weighted by atomic mass is 9.79. The quantitative estimate of drug-likeness (QED) is 0.423. The third-order valence-corrected chi connectivity index (χ3v) is 6.01. The van der Waals surface area contributed by atoms with E-state index in [1.807, 2.05) is 18.2 Å². The van der Waals surface area contributed by atoms with Crippen molar-refractivity contribution in [2.24, 2.45) is 0 Å². The Labute approximate surface area is 170 Å². The minimum absolute atomic E-state index is 0.0922. The van der Waals surface area contributed by atoms with E-state index in [-0.39, 0.29) is 11.7 Å². The highest BCUT2D eigenvalue weighted by molar-refractivity contribution is 5.65. The molecule has 1 aliphatic carbocycles. The molecule has 150 valence electrons. The summed E-state index contributed by atoms with van der Waals surface area (Å²) in [5.41, 5.74) is 5.85. The maximum atomic E-state index is 14.7. The van der Waals surface area contributed by atoms with Crippen LogP contribution >= 0.6 is 0 Å².